The summed E-state index contributed by atoms with van der Waals surface area (Å²) in [5.41, 5.74) is 0. The average molecular weight is 165 g/mol. The zero-order chi connectivity index (χ0) is 8.97. The third kappa shape index (κ3) is 2.53. The van der Waals surface area contributed by atoms with Gasteiger partial charge in [-0.15, -0.1) is 0 Å². The Morgan fingerprint density at radius 3 is 2.50 bits per heavy atom. The Morgan fingerprint density at radius 1 is 1.42 bits per heavy atom. The van der Waals surface area contributed by atoms with E-state index in [1.165, 1.54) is 0 Å². The molecule has 0 bridgehead atoms. The molecule has 0 fully saturated rings. The van der Waals surface area contributed by atoms with Crippen molar-refractivity contribution in [2.45, 2.75) is 13.8 Å². The molecule has 66 valence electrons. The third-order valence-electron chi connectivity index (χ3n) is 1.75. The van der Waals surface area contributed by atoms with Crippen molar-refractivity contribution in [2.75, 3.05) is 13.1 Å². The van der Waals surface area contributed by atoms with Crippen LogP contribution in [0.1, 0.15) is 13.8 Å². The molecular formula is C10H15NO. The summed E-state index contributed by atoms with van der Waals surface area (Å²) in [6.45, 7) is 5.65. The van der Waals surface area contributed by atoms with E-state index in [1.807, 2.05) is 18.2 Å². The normalized spacial score (nSPS) is 16.8. The molecule has 2 nitrogen and oxygen atoms in total. The summed E-state index contributed by atoms with van der Waals surface area (Å²) in [5, 5.41) is 0. The van der Waals surface area contributed by atoms with E-state index >= 15 is 0 Å². The Kier molecular flexibility index (Phi) is 3.09. The van der Waals surface area contributed by atoms with Crippen LogP contribution in [-0.4, -0.2) is 23.9 Å². The molecule has 12 heavy (non-hydrogen) atoms. The predicted octanol–water partition coefficient (Wildman–Crippen LogP) is 1.60. The van der Waals surface area contributed by atoms with Gasteiger partial charge in [-0.1, -0.05) is 32.1 Å². The minimum absolute atomic E-state index is 0.119. The van der Waals surface area contributed by atoms with Crippen molar-refractivity contribution in [3.8, 4) is 0 Å². The summed E-state index contributed by atoms with van der Waals surface area (Å²) in [7, 11) is 0. The SMILES string of the molecule is CC(C)/C=C/C(=O)N1CC=CC1. The fourth-order valence-electron chi connectivity index (χ4n) is 1.04. The lowest BCUT2D eigenvalue weighted by Crippen LogP contribution is -2.26. The number of allylic oxidation sites excluding steroid dienone is 1. The standard InChI is InChI=1S/C10H15NO/c1-9(2)5-6-10(12)11-7-3-4-8-11/h3-6,9H,7-8H2,1-2H3/b6-5+. The van der Waals surface area contributed by atoms with Crippen LogP contribution in [0, 0.1) is 5.92 Å². The Labute approximate surface area is 73.6 Å². The molecule has 0 saturated heterocycles. The van der Waals surface area contributed by atoms with E-state index in [0.717, 1.165) is 13.1 Å². The van der Waals surface area contributed by atoms with Crippen molar-refractivity contribution in [2.24, 2.45) is 5.92 Å². The van der Waals surface area contributed by atoms with Gasteiger partial charge in [-0.05, 0) is 12.0 Å². The lowest BCUT2D eigenvalue weighted by atomic mass is 10.2. The molecule has 0 radical (unpaired) electrons. The summed E-state index contributed by atoms with van der Waals surface area (Å²) in [4.78, 5) is 13.2. The van der Waals surface area contributed by atoms with Gasteiger partial charge in [0.15, 0.2) is 0 Å². The molecule has 0 saturated carbocycles. The van der Waals surface area contributed by atoms with Gasteiger partial charge in [0, 0.05) is 13.1 Å². The molecule has 0 atom stereocenters. The van der Waals surface area contributed by atoms with Gasteiger partial charge in [-0.3, -0.25) is 4.79 Å². The monoisotopic (exact) mass is 165 g/mol. The van der Waals surface area contributed by atoms with E-state index in [4.69, 9.17) is 0 Å². The highest BCUT2D eigenvalue weighted by Crippen LogP contribution is 2.01. The van der Waals surface area contributed by atoms with Crippen molar-refractivity contribution in [1.29, 1.82) is 0 Å². The van der Waals surface area contributed by atoms with Gasteiger partial charge in [-0.25, -0.2) is 0 Å². The van der Waals surface area contributed by atoms with E-state index in [2.05, 4.69) is 13.8 Å². The second kappa shape index (κ2) is 4.10. The summed E-state index contributed by atoms with van der Waals surface area (Å²) in [6.07, 6.45) is 7.63. The second-order valence-electron chi connectivity index (χ2n) is 3.32. The number of carbonyl (C=O) groups is 1. The van der Waals surface area contributed by atoms with Crippen LogP contribution >= 0.6 is 0 Å². The van der Waals surface area contributed by atoms with Crippen molar-refractivity contribution >= 4 is 5.91 Å². The fourth-order valence-corrected chi connectivity index (χ4v) is 1.04. The number of rotatable bonds is 2. The second-order valence-corrected chi connectivity index (χ2v) is 3.32. The highest BCUT2D eigenvalue weighted by atomic mass is 16.2. The average Bonchev–Trinajstić information content (AvgIpc) is 2.51. The van der Waals surface area contributed by atoms with E-state index in [-0.39, 0.29) is 5.91 Å². The predicted molar refractivity (Wildman–Crippen MR) is 49.7 cm³/mol. The first kappa shape index (κ1) is 9.04. The fraction of sp³-hybridized carbons (Fsp3) is 0.500. The smallest absolute Gasteiger partial charge is 0.246 e. The van der Waals surface area contributed by atoms with Crippen LogP contribution in [0.15, 0.2) is 24.3 Å². The minimum Gasteiger partial charge on any atom is -0.332 e. The van der Waals surface area contributed by atoms with E-state index < -0.39 is 0 Å². The number of hydrogen-bond donors (Lipinski definition) is 0. The molecule has 1 amide bonds. The van der Waals surface area contributed by atoms with Crippen LogP contribution in [-0.2, 0) is 4.79 Å². The Hall–Kier alpha value is -1.05. The van der Waals surface area contributed by atoms with Crippen LogP contribution in [0.3, 0.4) is 0 Å². The highest BCUT2D eigenvalue weighted by molar-refractivity contribution is 5.88. The van der Waals surface area contributed by atoms with Gasteiger partial charge in [-0.2, -0.15) is 0 Å². The lowest BCUT2D eigenvalue weighted by Gasteiger charge is -2.12. The van der Waals surface area contributed by atoms with Gasteiger partial charge >= 0.3 is 0 Å². The van der Waals surface area contributed by atoms with Crippen molar-refractivity contribution < 1.29 is 4.79 Å². The van der Waals surface area contributed by atoms with Crippen LogP contribution in [0.4, 0.5) is 0 Å². The zero-order valence-electron chi connectivity index (χ0n) is 7.66. The van der Waals surface area contributed by atoms with Crippen LogP contribution in [0.25, 0.3) is 0 Å². The first-order chi connectivity index (χ1) is 5.70. The number of amides is 1. The molecule has 1 aliphatic heterocycles. The molecule has 0 aromatic carbocycles. The lowest BCUT2D eigenvalue weighted by molar-refractivity contribution is -0.124. The summed E-state index contributed by atoms with van der Waals surface area (Å²) < 4.78 is 0. The van der Waals surface area contributed by atoms with Crippen molar-refractivity contribution in [3.05, 3.63) is 24.3 Å². The molecule has 0 unspecified atom stereocenters. The maximum Gasteiger partial charge on any atom is 0.246 e. The quantitative estimate of drug-likeness (QED) is 0.449. The molecule has 1 heterocycles. The molecule has 0 aliphatic carbocycles. The van der Waals surface area contributed by atoms with Gasteiger partial charge in [0.25, 0.3) is 0 Å². The Balaban J connectivity index is 2.38. The van der Waals surface area contributed by atoms with Gasteiger partial charge < -0.3 is 4.90 Å². The first-order valence-electron chi connectivity index (χ1n) is 4.32. The largest absolute Gasteiger partial charge is 0.332 e. The van der Waals surface area contributed by atoms with Gasteiger partial charge in [0.1, 0.15) is 0 Å². The number of hydrogen-bond acceptors (Lipinski definition) is 1. The highest BCUT2D eigenvalue weighted by Gasteiger charge is 2.10. The number of carbonyl (C=O) groups excluding carboxylic acids is 1. The van der Waals surface area contributed by atoms with E-state index in [1.54, 1.807) is 11.0 Å². The Bertz CT molecular complexity index is 208. The van der Waals surface area contributed by atoms with Gasteiger partial charge in [0.05, 0.1) is 0 Å². The van der Waals surface area contributed by atoms with E-state index in [9.17, 15) is 4.79 Å². The molecule has 2 heteroatoms. The number of nitrogens with zero attached hydrogens (tertiary/aromatic N) is 1. The zero-order valence-corrected chi connectivity index (χ0v) is 7.66. The molecule has 0 aromatic rings. The van der Waals surface area contributed by atoms with E-state index in [0.29, 0.717) is 5.92 Å². The van der Waals surface area contributed by atoms with Crippen LogP contribution in [0.2, 0.25) is 0 Å². The van der Waals surface area contributed by atoms with Crippen molar-refractivity contribution in [3.63, 3.8) is 0 Å². The molecular weight excluding hydrogens is 150 g/mol. The maximum absolute atomic E-state index is 11.3. The summed E-state index contributed by atoms with van der Waals surface area (Å²) in [5.74, 6) is 0.568. The molecule has 1 rings (SSSR count). The molecule has 0 N–H and O–H groups in total. The molecule has 0 aromatic heterocycles. The maximum atomic E-state index is 11.3. The Morgan fingerprint density at radius 2 is 2.00 bits per heavy atom. The molecule has 0 spiro atoms. The summed E-state index contributed by atoms with van der Waals surface area (Å²) in [6, 6.07) is 0. The minimum atomic E-state index is 0.119. The first-order valence-corrected chi connectivity index (χ1v) is 4.32. The van der Waals surface area contributed by atoms with Crippen LogP contribution in [0.5, 0.6) is 0 Å². The molecule has 1 aliphatic rings. The third-order valence-corrected chi connectivity index (χ3v) is 1.75. The topological polar surface area (TPSA) is 20.3 Å². The van der Waals surface area contributed by atoms with Crippen molar-refractivity contribution in [1.82, 2.24) is 4.90 Å². The summed E-state index contributed by atoms with van der Waals surface area (Å²) >= 11 is 0. The van der Waals surface area contributed by atoms with Gasteiger partial charge in [0.2, 0.25) is 5.91 Å². The van der Waals surface area contributed by atoms with Crippen LogP contribution < -0.4 is 0 Å².